The van der Waals surface area contributed by atoms with Gasteiger partial charge in [0.05, 0.1) is 0 Å². The van der Waals surface area contributed by atoms with Gasteiger partial charge in [0.2, 0.25) is 0 Å². The van der Waals surface area contributed by atoms with Crippen molar-refractivity contribution in [2.75, 3.05) is 18.0 Å². The molecule has 0 radical (unpaired) electrons. The van der Waals surface area contributed by atoms with E-state index in [4.69, 9.17) is 0 Å². The fourth-order valence-corrected chi connectivity index (χ4v) is 2.97. The van der Waals surface area contributed by atoms with E-state index in [-0.39, 0.29) is 0 Å². The number of halogens is 1. The zero-order chi connectivity index (χ0) is 15.8. The van der Waals surface area contributed by atoms with Crippen molar-refractivity contribution < 1.29 is 0 Å². The minimum absolute atomic E-state index is 0.513. The molecule has 0 aromatic heterocycles. The molecule has 120 valence electrons. The Balaban J connectivity index is 2.79. The lowest BCUT2D eigenvalue weighted by Crippen LogP contribution is -2.29. The molecular weight excluding hydrogens is 324 g/mol. The number of hydrogen-bond acceptors (Lipinski definition) is 2. The summed E-state index contributed by atoms with van der Waals surface area (Å²) in [5.41, 5.74) is 2.65. The lowest BCUT2D eigenvalue weighted by atomic mass is 10.0. The predicted molar refractivity (Wildman–Crippen MR) is 98.1 cm³/mol. The highest BCUT2D eigenvalue weighted by Crippen LogP contribution is 2.25. The van der Waals surface area contributed by atoms with Crippen LogP contribution in [0, 0.1) is 5.92 Å². The van der Waals surface area contributed by atoms with Gasteiger partial charge in [0, 0.05) is 35.8 Å². The lowest BCUT2D eigenvalue weighted by Gasteiger charge is -2.28. The van der Waals surface area contributed by atoms with Crippen molar-refractivity contribution in [3.05, 3.63) is 28.2 Å². The van der Waals surface area contributed by atoms with E-state index in [1.807, 2.05) is 0 Å². The van der Waals surface area contributed by atoms with Gasteiger partial charge in [-0.2, -0.15) is 0 Å². The first-order valence-corrected chi connectivity index (χ1v) is 9.07. The standard InChI is InChI=1S/C18H31BrN2/c1-6-15(7-2)13-21(8-3)17-10-9-16(18(19)11-17)12-20-14(4)5/h9-11,14-15,20H,6-8,12-13H2,1-5H3. The van der Waals surface area contributed by atoms with Crippen LogP contribution in [0.3, 0.4) is 0 Å². The first kappa shape index (κ1) is 18.5. The van der Waals surface area contributed by atoms with Crippen molar-refractivity contribution in [2.24, 2.45) is 5.92 Å². The summed E-state index contributed by atoms with van der Waals surface area (Å²) in [6.07, 6.45) is 2.51. The van der Waals surface area contributed by atoms with Crippen LogP contribution in [0.5, 0.6) is 0 Å². The smallest absolute Gasteiger partial charge is 0.0377 e. The summed E-state index contributed by atoms with van der Waals surface area (Å²) in [6.45, 7) is 14.3. The molecule has 0 aliphatic carbocycles. The molecule has 1 aromatic rings. The van der Waals surface area contributed by atoms with Gasteiger partial charge in [-0.3, -0.25) is 0 Å². The Morgan fingerprint density at radius 1 is 1.14 bits per heavy atom. The minimum Gasteiger partial charge on any atom is -0.372 e. The molecule has 0 aliphatic heterocycles. The summed E-state index contributed by atoms with van der Waals surface area (Å²) in [5, 5.41) is 3.47. The van der Waals surface area contributed by atoms with Gasteiger partial charge < -0.3 is 10.2 Å². The zero-order valence-corrected chi connectivity index (χ0v) is 15.8. The van der Waals surface area contributed by atoms with Gasteiger partial charge in [-0.25, -0.2) is 0 Å². The van der Waals surface area contributed by atoms with Crippen LogP contribution in [-0.4, -0.2) is 19.1 Å². The summed E-state index contributed by atoms with van der Waals surface area (Å²) in [5.74, 6) is 0.783. The quantitative estimate of drug-likeness (QED) is 0.654. The fourth-order valence-electron chi connectivity index (χ4n) is 2.47. The van der Waals surface area contributed by atoms with E-state index < -0.39 is 0 Å². The third-order valence-corrected chi connectivity index (χ3v) is 4.86. The molecule has 0 heterocycles. The number of nitrogens with one attached hydrogen (secondary N) is 1. The van der Waals surface area contributed by atoms with Crippen LogP contribution in [0.2, 0.25) is 0 Å². The van der Waals surface area contributed by atoms with Gasteiger partial charge in [-0.05, 0) is 30.5 Å². The fraction of sp³-hybridized carbons (Fsp3) is 0.667. The van der Waals surface area contributed by atoms with Gasteiger partial charge in [-0.1, -0.05) is 62.5 Å². The second-order valence-corrected chi connectivity index (χ2v) is 6.89. The van der Waals surface area contributed by atoms with E-state index in [1.165, 1.54) is 28.6 Å². The van der Waals surface area contributed by atoms with Crippen LogP contribution in [-0.2, 0) is 6.54 Å². The van der Waals surface area contributed by atoms with Crippen LogP contribution < -0.4 is 10.2 Å². The molecular formula is C18H31BrN2. The van der Waals surface area contributed by atoms with Gasteiger partial charge in [0.25, 0.3) is 0 Å². The van der Waals surface area contributed by atoms with Crippen molar-refractivity contribution >= 4 is 21.6 Å². The third kappa shape index (κ3) is 5.99. The van der Waals surface area contributed by atoms with E-state index in [9.17, 15) is 0 Å². The second kappa shape index (κ2) is 9.47. The Hall–Kier alpha value is -0.540. The van der Waals surface area contributed by atoms with Gasteiger partial charge in [0.15, 0.2) is 0 Å². The highest BCUT2D eigenvalue weighted by atomic mass is 79.9. The maximum absolute atomic E-state index is 3.73. The number of benzene rings is 1. The van der Waals surface area contributed by atoms with Gasteiger partial charge >= 0.3 is 0 Å². The molecule has 1 N–H and O–H groups in total. The van der Waals surface area contributed by atoms with E-state index in [0.717, 1.165) is 25.6 Å². The molecule has 3 heteroatoms. The molecule has 0 saturated carbocycles. The average Bonchev–Trinajstić information content (AvgIpc) is 2.47. The Morgan fingerprint density at radius 2 is 1.81 bits per heavy atom. The summed E-state index contributed by atoms with van der Waals surface area (Å²) in [4.78, 5) is 2.49. The minimum atomic E-state index is 0.513. The van der Waals surface area contributed by atoms with Crippen molar-refractivity contribution in [1.29, 1.82) is 0 Å². The van der Waals surface area contributed by atoms with Crippen LogP contribution in [0.1, 0.15) is 53.0 Å². The maximum Gasteiger partial charge on any atom is 0.0377 e. The largest absolute Gasteiger partial charge is 0.372 e. The topological polar surface area (TPSA) is 15.3 Å². The Bertz CT molecular complexity index is 414. The molecule has 21 heavy (non-hydrogen) atoms. The highest BCUT2D eigenvalue weighted by Gasteiger charge is 2.12. The summed E-state index contributed by atoms with van der Waals surface area (Å²) in [7, 11) is 0. The molecule has 0 unspecified atom stereocenters. The second-order valence-electron chi connectivity index (χ2n) is 6.03. The molecule has 1 rings (SSSR count). The SMILES string of the molecule is CCC(CC)CN(CC)c1ccc(CNC(C)C)c(Br)c1. The molecule has 0 saturated heterocycles. The van der Waals surface area contributed by atoms with Crippen LogP contribution in [0.25, 0.3) is 0 Å². The molecule has 0 amide bonds. The molecule has 0 aliphatic rings. The van der Waals surface area contributed by atoms with Crippen molar-refractivity contribution in [1.82, 2.24) is 5.32 Å². The Morgan fingerprint density at radius 3 is 2.29 bits per heavy atom. The van der Waals surface area contributed by atoms with Crippen molar-refractivity contribution in [3.8, 4) is 0 Å². The van der Waals surface area contributed by atoms with E-state index >= 15 is 0 Å². The van der Waals surface area contributed by atoms with Crippen LogP contribution >= 0.6 is 15.9 Å². The Kier molecular flexibility index (Phi) is 8.35. The summed E-state index contributed by atoms with van der Waals surface area (Å²) in [6, 6.07) is 7.28. The Labute approximate surface area is 139 Å². The van der Waals surface area contributed by atoms with Crippen LogP contribution in [0.4, 0.5) is 5.69 Å². The summed E-state index contributed by atoms with van der Waals surface area (Å²) < 4.78 is 1.20. The van der Waals surface area contributed by atoms with E-state index in [0.29, 0.717) is 6.04 Å². The number of hydrogen-bond donors (Lipinski definition) is 1. The molecule has 0 atom stereocenters. The first-order chi connectivity index (χ1) is 10.0. The van der Waals surface area contributed by atoms with E-state index in [1.54, 1.807) is 0 Å². The van der Waals surface area contributed by atoms with E-state index in [2.05, 4.69) is 79.0 Å². The summed E-state index contributed by atoms with van der Waals surface area (Å²) >= 11 is 3.73. The van der Waals surface area contributed by atoms with Crippen LogP contribution in [0.15, 0.2) is 22.7 Å². The maximum atomic E-state index is 3.73. The number of rotatable bonds is 9. The first-order valence-electron chi connectivity index (χ1n) is 8.28. The molecule has 0 bridgehead atoms. The average molecular weight is 355 g/mol. The molecule has 0 fully saturated rings. The number of nitrogens with zero attached hydrogens (tertiary/aromatic N) is 1. The monoisotopic (exact) mass is 354 g/mol. The van der Waals surface area contributed by atoms with Gasteiger partial charge in [0.1, 0.15) is 0 Å². The molecule has 2 nitrogen and oxygen atoms in total. The molecule has 0 spiro atoms. The zero-order valence-electron chi connectivity index (χ0n) is 14.2. The predicted octanol–water partition coefficient (Wildman–Crippen LogP) is 5.21. The lowest BCUT2D eigenvalue weighted by molar-refractivity contribution is 0.486. The molecule has 1 aromatic carbocycles. The highest BCUT2D eigenvalue weighted by molar-refractivity contribution is 9.10. The normalized spacial score (nSPS) is 11.4. The third-order valence-electron chi connectivity index (χ3n) is 4.12. The van der Waals surface area contributed by atoms with Crippen molar-refractivity contribution in [2.45, 2.75) is 60.0 Å². The van der Waals surface area contributed by atoms with Gasteiger partial charge in [-0.15, -0.1) is 0 Å². The van der Waals surface area contributed by atoms with Crippen molar-refractivity contribution in [3.63, 3.8) is 0 Å². The number of anilines is 1.